The minimum absolute atomic E-state index is 0.156. The van der Waals surface area contributed by atoms with E-state index in [0.29, 0.717) is 5.82 Å². The Balaban J connectivity index is 1.69. The van der Waals surface area contributed by atoms with Crippen LogP contribution in [0.3, 0.4) is 0 Å². The summed E-state index contributed by atoms with van der Waals surface area (Å²) >= 11 is 0. The largest absolute Gasteiger partial charge is 0.365 e. The lowest BCUT2D eigenvalue weighted by Crippen LogP contribution is -2.44. The normalized spacial score (nSPS) is 14.9. The fourth-order valence-corrected chi connectivity index (χ4v) is 2.36. The van der Waals surface area contributed by atoms with Gasteiger partial charge in [0, 0.05) is 38.3 Å². The van der Waals surface area contributed by atoms with Crippen LogP contribution in [0.1, 0.15) is 5.56 Å². The topological polar surface area (TPSA) is 53.1 Å². The van der Waals surface area contributed by atoms with Crippen molar-refractivity contribution in [2.75, 3.05) is 36.4 Å². The number of benzene rings is 1. The summed E-state index contributed by atoms with van der Waals surface area (Å²) in [5.41, 5.74) is 0.259. The van der Waals surface area contributed by atoms with Gasteiger partial charge in [-0.3, -0.25) is 4.98 Å². The van der Waals surface area contributed by atoms with E-state index in [0.717, 1.165) is 38.1 Å². The first kappa shape index (κ1) is 14.6. The molecule has 0 bridgehead atoms. The van der Waals surface area contributed by atoms with Crippen molar-refractivity contribution in [2.24, 2.45) is 0 Å². The van der Waals surface area contributed by atoms with Gasteiger partial charge in [0.15, 0.2) is 11.6 Å². The second-order valence-corrected chi connectivity index (χ2v) is 5.07. The zero-order valence-corrected chi connectivity index (χ0v) is 12.0. The molecule has 7 heteroatoms. The average molecular weight is 305 g/mol. The molecule has 0 radical (unpaired) electrons. The van der Waals surface area contributed by atoms with Crippen LogP contribution in [-0.4, -0.2) is 36.1 Å². The first-order valence-corrected chi connectivity index (χ1v) is 7.18. The maximum absolute atomic E-state index is 13.6. The van der Waals surface area contributed by atoms with E-state index in [2.05, 4.69) is 25.5 Å². The number of halogens is 2. The third kappa shape index (κ3) is 3.30. The minimum atomic E-state index is -0.847. The molecular weight excluding hydrogens is 288 g/mol. The first-order chi connectivity index (χ1) is 10.7. The van der Waals surface area contributed by atoms with Crippen LogP contribution in [0.2, 0.25) is 0 Å². The van der Waals surface area contributed by atoms with E-state index in [1.165, 1.54) is 6.07 Å². The number of nitrogens with one attached hydrogen (secondary N) is 2. The molecule has 1 fully saturated rings. The lowest BCUT2D eigenvalue weighted by atomic mass is 10.2. The van der Waals surface area contributed by atoms with Gasteiger partial charge in [-0.05, 0) is 6.07 Å². The standard InChI is InChI=1S/C15H17F2N5/c16-12-3-1-2-11(15(12)17)8-20-13-9-19-10-14(21-13)22-6-4-18-5-7-22/h1-3,9-10,18H,4-8H2,(H,20,21). The van der Waals surface area contributed by atoms with E-state index in [1.54, 1.807) is 18.5 Å². The van der Waals surface area contributed by atoms with Gasteiger partial charge in [-0.2, -0.15) is 0 Å². The second-order valence-electron chi connectivity index (χ2n) is 5.07. The maximum Gasteiger partial charge on any atom is 0.163 e. The number of rotatable bonds is 4. The molecule has 0 aliphatic carbocycles. The smallest absolute Gasteiger partial charge is 0.163 e. The Kier molecular flexibility index (Phi) is 4.43. The summed E-state index contributed by atoms with van der Waals surface area (Å²) in [5, 5.41) is 6.26. The minimum Gasteiger partial charge on any atom is -0.365 e. The van der Waals surface area contributed by atoms with Gasteiger partial charge in [-0.25, -0.2) is 13.8 Å². The van der Waals surface area contributed by atoms with Crippen molar-refractivity contribution in [1.82, 2.24) is 15.3 Å². The molecule has 1 aliphatic rings. The van der Waals surface area contributed by atoms with Gasteiger partial charge < -0.3 is 15.5 Å². The molecule has 0 unspecified atom stereocenters. The van der Waals surface area contributed by atoms with Gasteiger partial charge in [0.2, 0.25) is 0 Å². The van der Waals surface area contributed by atoms with Gasteiger partial charge in [0.05, 0.1) is 12.4 Å². The van der Waals surface area contributed by atoms with Crippen LogP contribution < -0.4 is 15.5 Å². The van der Waals surface area contributed by atoms with Crippen molar-refractivity contribution in [3.05, 3.63) is 47.8 Å². The summed E-state index contributed by atoms with van der Waals surface area (Å²) in [6.07, 6.45) is 3.28. The number of piperazine rings is 1. The maximum atomic E-state index is 13.6. The molecule has 2 aromatic rings. The molecule has 1 aliphatic heterocycles. The summed E-state index contributed by atoms with van der Waals surface area (Å²) in [7, 11) is 0. The molecule has 0 amide bonds. The van der Waals surface area contributed by atoms with E-state index in [4.69, 9.17) is 0 Å². The molecule has 1 aromatic carbocycles. The van der Waals surface area contributed by atoms with Crippen molar-refractivity contribution in [2.45, 2.75) is 6.54 Å². The van der Waals surface area contributed by atoms with Crippen LogP contribution in [0.5, 0.6) is 0 Å². The van der Waals surface area contributed by atoms with Crippen LogP contribution in [0.15, 0.2) is 30.6 Å². The van der Waals surface area contributed by atoms with Gasteiger partial charge in [-0.15, -0.1) is 0 Å². The van der Waals surface area contributed by atoms with E-state index >= 15 is 0 Å². The molecule has 1 saturated heterocycles. The average Bonchev–Trinajstić information content (AvgIpc) is 2.57. The number of hydrogen-bond acceptors (Lipinski definition) is 5. The summed E-state index contributed by atoms with van der Waals surface area (Å²) in [6, 6.07) is 4.13. The summed E-state index contributed by atoms with van der Waals surface area (Å²) in [6.45, 7) is 3.72. The number of hydrogen-bond donors (Lipinski definition) is 2. The molecule has 0 saturated carbocycles. The third-order valence-corrected chi connectivity index (χ3v) is 3.55. The SMILES string of the molecule is Fc1cccc(CNc2cncc(N3CCNCC3)n2)c1F. The Morgan fingerprint density at radius 1 is 1.18 bits per heavy atom. The Morgan fingerprint density at radius 3 is 2.82 bits per heavy atom. The molecule has 116 valence electrons. The number of aromatic nitrogens is 2. The van der Waals surface area contributed by atoms with Gasteiger partial charge in [0.25, 0.3) is 0 Å². The fraction of sp³-hybridized carbons (Fsp3) is 0.333. The molecule has 3 rings (SSSR count). The van der Waals surface area contributed by atoms with E-state index in [1.807, 2.05) is 0 Å². The Bertz CT molecular complexity index is 644. The number of nitrogens with zero attached hydrogens (tertiary/aromatic N) is 3. The van der Waals surface area contributed by atoms with Crippen LogP contribution in [0.25, 0.3) is 0 Å². The van der Waals surface area contributed by atoms with Crippen molar-refractivity contribution in [1.29, 1.82) is 0 Å². The molecule has 1 aromatic heterocycles. The molecule has 2 heterocycles. The van der Waals surface area contributed by atoms with Crippen LogP contribution >= 0.6 is 0 Å². The Labute approximate surface area is 127 Å². The molecule has 0 atom stereocenters. The van der Waals surface area contributed by atoms with E-state index < -0.39 is 11.6 Å². The second kappa shape index (κ2) is 6.65. The van der Waals surface area contributed by atoms with Gasteiger partial charge >= 0.3 is 0 Å². The molecule has 2 N–H and O–H groups in total. The van der Waals surface area contributed by atoms with E-state index in [9.17, 15) is 8.78 Å². The lowest BCUT2D eigenvalue weighted by molar-refractivity contribution is 0.500. The van der Waals surface area contributed by atoms with Crippen molar-refractivity contribution >= 4 is 11.6 Å². The highest BCUT2D eigenvalue weighted by atomic mass is 19.2. The summed E-state index contributed by atoms with van der Waals surface area (Å²) < 4.78 is 26.8. The summed E-state index contributed by atoms with van der Waals surface area (Å²) in [4.78, 5) is 10.8. The highest BCUT2D eigenvalue weighted by molar-refractivity contribution is 5.44. The highest BCUT2D eigenvalue weighted by Crippen LogP contribution is 2.15. The van der Waals surface area contributed by atoms with E-state index in [-0.39, 0.29) is 12.1 Å². The predicted octanol–water partition coefficient (Wildman–Crippen LogP) is 1.78. The number of anilines is 2. The summed E-state index contributed by atoms with van der Waals surface area (Å²) in [5.74, 6) is -0.355. The van der Waals surface area contributed by atoms with Crippen molar-refractivity contribution in [3.63, 3.8) is 0 Å². The van der Waals surface area contributed by atoms with Crippen molar-refractivity contribution < 1.29 is 8.78 Å². The zero-order chi connectivity index (χ0) is 15.4. The quantitative estimate of drug-likeness (QED) is 0.902. The van der Waals surface area contributed by atoms with Crippen molar-refractivity contribution in [3.8, 4) is 0 Å². The lowest BCUT2D eigenvalue weighted by Gasteiger charge is -2.28. The first-order valence-electron chi connectivity index (χ1n) is 7.18. The monoisotopic (exact) mass is 305 g/mol. The third-order valence-electron chi connectivity index (χ3n) is 3.55. The molecule has 5 nitrogen and oxygen atoms in total. The molecular formula is C15H17F2N5. The highest BCUT2D eigenvalue weighted by Gasteiger charge is 2.13. The van der Waals surface area contributed by atoms with Gasteiger partial charge in [0.1, 0.15) is 11.6 Å². The Hall–Kier alpha value is -2.28. The van der Waals surface area contributed by atoms with Crippen LogP contribution in [-0.2, 0) is 6.54 Å². The van der Waals surface area contributed by atoms with Crippen LogP contribution in [0, 0.1) is 11.6 Å². The Morgan fingerprint density at radius 2 is 2.00 bits per heavy atom. The molecule has 0 spiro atoms. The van der Waals surface area contributed by atoms with Crippen LogP contribution in [0.4, 0.5) is 20.4 Å². The fourth-order valence-electron chi connectivity index (χ4n) is 2.36. The molecule has 22 heavy (non-hydrogen) atoms. The predicted molar refractivity (Wildman–Crippen MR) is 80.8 cm³/mol. The van der Waals surface area contributed by atoms with Gasteiger partial charge in [-0.1, -0.05) is 12.1 Å². The zero-order valence-electron chi connectivity index (χ0n) is 12.0.